The first kappa shape index (κ1) is 126. The second kappa shape index (κ2) is 64.2. The number of aliphatic hydroxyl groups is 6. The van der Waals surface area contributed by atoms with Crippen LogP contribution in [-0.2, 0) is 114 Å². The molecule has 828 valence electrons. The van der Waals surface area contributed by atoms with Gasteiger partial charge in [-0.3, -0.25) is 38.4 Å². The van der Waals surface area contributed by atoms with Crippen LogP contribution >= 0.6 is 0 Å². The Morgan fingerprint density at radius 2 is 0.795 bits per heavy atom. The largest absolute Gasteiger partial charge is 0.460 e. The molecule has 32 heteroatoms. The van der Waals surface area contributed by atoms with E-state index in [0.717, 1.165) is 36.8 Å². The van der Waals surface area contributed by atoms with E-state index in [1.165, 1.54) is 24.0 Å². The molecule has 4 saturated heterocycles. The van der Waals surface area contributed by atoms with Gasteiger partial charge in [-0.05, 0) is 227 Å². The molecule has 6 aliphatic heterocycles. The third kappa shape index (κ3) is 37.8. The van der Waals surface area contributed by atoms with E-state index in [1.54, 1.807) is 67.9 Å². The molecule has 2 aliphatic carbocycles. The van der Waals surface area contributed by atoms with Crippen LogP contribution in [0, 0.1) is 71.0 Å². The lowest BCUT2D eigenvalue weighted by atomic mass is 9.78. The smallest absolute Gasteiger partial charge is 0.329 e. The molecule has 0 unspecified atom stereocenters. The highest BCUT2D eigenvalue weighted by Crippen LogP contribution is 2.43. The maximum atomic E-state index is 14.6. The summed E-state index contributed by atoms with van der Waals surface area (Å²) in [6.45, 7) is 32.4. The van der Waals surface area contributed by atoms with Gasteiger partial charge in [0.25, 0.3) is 23.4 Å². The SMILES string of the molecule is CCCOCCO[C@@H]1C[C@@H]2CC[C@@H](C)[C@@](O)(O2)C(=O)C(=O)N2CCCC[C@H]2C(=O)O[C@H]([C@H](C)C[C@@H]2CC[C@@H](OCCO)[C@H](OC)C2)CC(=O)[C@H](C)/C=C(\C)[C@@H](O)[C@@H](OC)C(=O)[C@H](C)C[C@H](C)/C=C/C=C/C=C/1C.CCCOCCO[C@H]1C[C@@H]2CC[C@@H](C)[C@@](O)(O2)C(=O)C(=O)N2CCCC[C@H]2C(=O)O[C@H]([C@H](C)C[C@@H]2CC[C@@H](OCCO)[C@H](OC)C2)CC(=O)[C@H](C)/C=C(\C)[C@@H](O)[C@@H](OC)C(=O)[C@H](C)C[C@H](C)/C=C/C=C/C=C/1C. The van der Waals surface area contributed by atoms with Crippen molar-refractivity contribution >= 4 is 58.5 Å². The Labute approximate surface area is 869 Å². The van der Waals surface area contributed by atoms with Crippen LogP contribution < -0.4 is 0 Å². The number of aliphatic hydroxyl groups excluding tert-OH is 4. The monoisotopic (exact) mass is 2060 g/mol. The van der Waals surface area contributed by atoms with Crippen molar-refractivity contribution < 1.29 is 145 Å². The third-order valence-electron chi connectivity index (χ3n) is 31.0. The number of Topliss-reactive ketones (excluding diaryl/α,β-unsaturated/α-hetero) is 6. The number of hydrogen-bond donors (Lipinski definition) is 6. The number of fused-ring (bicyclic) bond motifs is 6. The van der Waals surface area contributed by atoms with Gasteiger partial charge < -0.3 is 107 Å². The zero-order chi connectivity index (χ0) is 108. The van der Waals surface area contributed by atoms with E-state index >= 15 is 0 Å². The van der Waals surface area contributed by atoms with Gasteiger partial charge in [-0.25, -0.2) is 9.59 Å². The molecule has 0 spiro atoms. The van der Waals surface area contributed by atoms with Gasteiger partial charge in [0.2, 0.25) is 11.6 Å². The van der Waals surface area contributed by atoms with E-state index in [1.807, 2.05) is 130 Å². The van der Waals surface area contributed by atoms with Crippen molar-refractivity contribution in [3.63, 3.8) is 0 Å². The van der Waals surface area contributed by atoms with Gasteiger partial charge in [-0.1, -0.05) is 156 Å². The predicted molar refractivity (Wildman–Crippen MR) is 552 cm³/mol. The molecule has 30 atom stereocenters. The lowest BCUT2D eigenvalue weighted by molar-refractivity contribution is -0.266. The number of nitrogens with zero attached hydrogens (tertiary/aromatic N) is 2. The summed E-state index contributed by atoms with van der Waals surface area (Å²) in [6, 6.07) is -2.32. The van der Waals surface area contributed by atoms with E-state index in [4.69, 9.17) is 66.3 Å². The second-order valence-corrected chi connectivity index (χ2v) is 42.8. The Balaban J connectivity index is 0.000000396. The first-order valence-corrected chi connectivity index (χ1v) is 54.3. The van der Waals surface area contributed by atoms with Crippen LogP contribution in [0.1, 0.15) is 278 Å². The molecule has 8 rings (SSSR count). The van der Waals surface area contributed by atoms with Gasteiger partial charge in [-0.15, -0.1) is 0 Å². The zero-order valence-corrected chi connectivity index (χ0v) is 91.3. The lowest BCUT2D eigenvalue weighted by Gasteiger charge is -2.43. The van der Waals surface area contributed by atoms with Crippen molar-refractivity contribution in [2.75, 3.05) is 108 Å². The molecular weight excluding hydrogens is 1880 g/mol. The summed E-state index contributed by atoms with van der Waals surface area (Å²) in [5.41, 5.74) is 2.50. The summed E-state index contributed by atoms with van der Waals surface area (Å²) in [4.78, 5) is 145. The fourth-order valence-electron chi connectivity index (χ4n) is 21.8. The average Bonchev–Trinajstić information content (AvgIpc) is 0.772. The summed E-state index contributed by atoms with van der Waals surface area (Å²) in [7, 11) is 6.02. The lowest BCUT2D eigenvalue weighted by Crippen LogP contribution is -2.61. The van der Waals surface area contributed by atoms with Crippen molar-refractivity contribution in [3.05, 3.63) is 95.2 Å². The maximum Gasteiger partial charge on any atom is 0.329 e. The van der Waals surface area contributed by atoms with Crippen molar-refractivity contribution in [2.45, 2.75) is 387 Å². The number of amides is 2. The summed E-state index contributed by atoms with van der Waals surface area (Å²) < 4.78 is 83.9. The van der Waals surface area contributed by atoms with Crippen LogP contribution in [0.4, 0.5) is 0 Å². The number of piperidine rings is 2. The first-order chi connectivity index (χ1) is 69.6. The highest BCUT2D eigenvalue weighted by atomic mass is 16.7. The Morgan fingerprint density at radius 3 is 1.14 bits per heavy atom. The zero-order valence-electron chi connectivity index (χ0n) is 91.3. The highest BCUT2D eigenvalue weighted by Gasteiger charge is 2.56. The normalized spacial score (nSPS) is 37.3. The number of hydrogen-bond acceptors (Lipinski definition) is 30. The standard InChI is InChI=1S/2C57H91NO15/c2*1-11-26-69-28-29-71-48-34-44-22-20-42(8)57(66,73-44)54(63)55(64)58-24-16-15-19-45(58)56(65)72-49(39(5)32-43-21-23-47(70-27-25-59)50(33-43)67-9)35-46(60)38(4)31-41(7)52(62)53(68-10)51(61)40(6)30-36(2)17-13-12-14-18-37(48)3/h2*12-14,17-18,31,36,38-40,42-45,47-50,52-53,59,62,66H,11,15-16,19-30,32-35H2,1-10H3/b2*14-12+,17-13+,37-18+,41-31+/t36-,38-,39-,40-,42-,43+,44+,45+,47-,48+,49+,50-,52-,53+,57-;36-,38-,39-,40-,42-,43+,44+,45+,47-,48-,49+,50-,52-,53+,57-/m11/s1. The van der Waals surface area contributed by atoms with Crippen LogP contribution in [-0.4, -0.2) is 316 Å². The molecule has 6 N–H and O–H groups in total. The van der Waals surface area contributed by atoms with E-state index < -0.39 is 156 Å². The maximum absolute atomic E-state index is 14.6. The Kier molecular flexibility index (Phi) is 55.4. The molecule has 0 aromatic carbocycles. The number of rotatable bonds is 28. The molecular formula is C114H182N2O30. The first-order valence-electron chi connectivity index (χ1n) is 54.3. The minimum Gasteiger partial charge on any atom is -0.460 e. The Hall–Kier alpha value is -6.90. The van der Waals surface area contributed by atoms with E-state index in [9.17, 15) is 78.6 Å². The minimum absolute atomic E-state index is 0.000424. The molecule has 6 fully saturated rings. The highest BCUT2D eigenvalue weighted by molar-refractivity contribution is 6.39. The molecule has 2 amide bonds. The third-order valence-corrected chi connectivity index (χ3v) is 31.0. The van der Waals surface area contributed by atoms with E-state index in [2.05, 4.69) is 0 Å². The molecule has 0 aromatic heterocycles. The number of ether oxygens (including phenoxy) is 14. The van der Waals surface area contributed by atoms with Crippen LogP contribution in [0.15, 0.2) is 95.2 Å². The molecule has 0 radical (unpaired) electrons. The summed E-state index contributed by atoms with van der Waals surface area (Å²) >= 11 is 0. The quantitative estimate of drug-likeness (QED) is 0.0183. The number of cyclic esters (lactones) is 2. The van der Waals surface area contributed by atoms with Crippen molar-refractivity contribution in [1.82, 2.24) is 9.80 Å². The topological polar surface area (TPSA) is 428 Å². The summed E-state index contributed by atoms with van der Waals surface area (Å²) in [5.74, 6) is -16.2. The van der Waals surface area contributed by atoms with Gasteiger partial charge in [-0.2, -0.15) is 0 Å². The molecule has 6 heterocycles. The van der Waals surface area contributed by atoms with Crippen molar-refractivity contribution in [1.29, 1.82) is 0 Å². The number of carbonyl (C=O) groups excluding carboxylic acids is 10. The molecule has 32 nitrogen and oxygen atoms in total. The summed E-state index contributed by atoms with van der Waals surface area (Å²) in [6.07, 6.45) is 25.3. The van der Waals surface area contributed by atoms with Gasteiger partial charge in [0.15, 0.2) is 11.6 Å². The Bertz CT molecular complexity index is 4060. The van der Waals surface area contributed by atoms with Crippen LogP contribution in [0.5, 0.6) is 0 Å². The minimum atomic E-state index is -2.46. The van der Waals surface area contributed by atoms with Crippen LogP contribution in [0.25, 0.3) is 0 Å². The van der Waals surface area contributed by atoms with Crippen molar-refractivity contribution in [3.8, 4) is 0 Å². The predicted octanol–water partition coefficient (Wildman–Crippen LogP) is 14.0. The van der Waals surface area contributed by atoms with Gasteiger partial charge in [0, 0.05) is 116 Å². The number of ketones is 6. The summed E-state index contributed by atoms with van der Waals surface area (Å²) in [5, 5.41) is 66.1. The van der Waals surface area contributed by atoms with Crippen molar-refractivity contribution in [2.24, 2.45) is 71.0 Å². The molecule has 8 aliphatic rings. The van der Waals surface area contributed by atoms with E-state index in [-0.39, 0.29) is 161 Å². The van der Waals surface area contributed by atoms with Crippen LogP contribution in [0.3, 0.4) is 0 Å². The fraction of sp³-hybridized carbons (Fsp3) is 0.772. The molecule has 4 bridgehead atoms. The molecule has 146 heavy (non-hydrogen) atoms. The van der Waals surface area contributed by atoms with Gasteiger partial charge in [0.05, 0.1) is 102 Å². The van der Waals surface area contributed by atoms with E-state index in [0.29, 0.717) is 154 Å². The number of esters is 2. The second-order valence-electron chi connectivity index (χ2n) is 42.8. The molecule has 2 saturated carbocycles. The number of carbonyl (C=O) groups is 10. The molecule has 0 aromatic rings. The average molecular weight is 2060 g/mol. The number of allylic oxidation sites excluding steroid dienone is 12. The Morgan fingerprint density at radius 1 is 0.418 bits per heavy atom. The van der Waals surface area contributed by atoms with Gasteiger partial charge in [0.1, 0.15) is 60.3 Å². The fourth-order valence-corrected chi connectivity index (χ4v) is 21.8. The van der Waals surface area contributed by atoms with Crippen LogP contribution in [0.2, 0.25) is 0 Å². The number of methoxy groups -OCH3 is 4. The van der Waals surface area contributed by atoms with Gasteiger partial charge >= 0.3 is 11.9 Å².